The van der Waals surface area contributed by atoms with Crippen LogP contribution >= 0.6 is 0 Å². The zero-order valence-corrected chi connectivity index (χ0v) is 11.8. The maximum atomic E-state index is 11.8. The molecule has 0 saturated carbocycles. The van der Waals surface area contributed by atoms with Gasteiger partial charge in [-0.3, -0.25) is 4.98 Å². The van der Waals surface area contributed by atoms with E-state index in [1.165, 1.54) is 0 Å². The van der Waals surface area contributed by atoms with E-state index in [9.17, 15) is 4.21 Å². The molecule has 1 aromatic heterocycles. The molecule has 0 aromatic carbocycles. The van der Waals surface area contributed by atoms with Gasteiger partial charge in [0.1, 0.15) is 11.0 Å². The highest BCUT2D eigenvalue weighted by atomic mass is 32.2. The van der Waals surface area contributed by atoms with Crippen LogP contribution in [0.4, 0.5) is 5.69 Å². The van der Waals surface area contributed by atoms with Crippen molar-refractivity contribution >= 4 is 22.9 Å². The minimum absolute atomic E-state index is 0.336. The van der Waals surface area contributed by atoms with Gasteiger partial charge in [0.2, 0.25) is 0 Å². The number of nitrogens with zero attached hydrogens (tertiary/aromatic N) is 3. The highest BCUT2D eigenvalue weighted by molar-refractivity contribution is 7.85. The third-order valence-electron chi connectivity index (χ3n) is 2.12. The third kappa shape index (κ3) is 3.93. The molecule has 0 fully saturated rings. The quantitative estimate of drug-likeness (QED) is 0.774. The molecule has 1 rings (SSSR count). The number of hydrogen-bond acceptors (Lipinski definition) is 3. The lowest BCUT2D eigenvalue weighted by atomic mass is 10.2. The summed E-state index contributed by atoms with van der Waals surface area (Å²) in [6.45, 7) is 5.70. The second-order valence-corrected chi connectivity index (χ2v) is 6.86. The van der Waals surface area contributed by atoms with E-state index in [1.54, 1.807) is 18.6 Å². The molecule has 5 heteroatoms. The van der Waals surface area contributed by atoms with Gasteiger partial charge in [0, 0.05) is 44.0 Å². The van der Waals surface area contributed by atoms with Crippen molar-refractivity contribution in [2.45, 2.75) is 25.5 Å². The smallest absolute Gasteiger partial charge is 0.144 e. The zero-order chi connectivity index (χ0) is 13.1. The van der Waals surface area contributed by atoms with E-state index in [0.29, 0.717) is 0 Å². The van der Waals surface area contributed by atoms with E-state index < -0.39 is 11.0 Å². The number of pyridine rings is 1. The second-order valence-electron chi connectivity index (χ2n) is 4.92. The first-order valence-corrected chi connectivity index (χ1v) is 6.50. The van der Waals surface area contributed by atoms with Crippen LogP contribution in [0, 0.1) is 0 Å². The van der Waals surface area contributed by atoms with E-state index in [1.807, 2.05) is 45.8 Å². The van der Waals surface area contributed by atoms with Gasteiger partial charge in [-0.2, -0.15) is 4.40 Å². The number of rotatable bonds is 3. The Kier molecular flexibility index (Phi) is 4.40. The van der Waals surface area contributed by atoms with Gasteiger partial charge in [0.05, 0.1) is 4.75 Å². The molecule has 0 saturated heterocycles. The summed E-state index contributed by atoms with van der Waals surface area (Å²) in [7, 11) is 2.67. The normalized spacial score (nSPS) is 13.9. The summed E-state index contributed by atoms with van der Waals surface area (Å²) in [5, 5.41) is 0. The molecule has 1 heterocycles. The molecule has 1 atom stereocenters. The first-order valence-electron chi connectivity index (χ1n) is 5.40. The molecule has 0 amide bonds. The molecule has 1 unspecified atom stereocenters. The first kappa shape index (κ1) is 13.8. The van der Waals surface area contributed by atoms with Gasteiger partial charge in [-0.05, 0) is 26.8 Å². The molecule has 0 radical (unpaired) electrons. The van der Waals surface area contributed by atoms with Crippen molar-refractivity contribution in [3.63, 3.8) is 0 Å². The lowest BCUT2D eigenvalue weighted by Crippen LogP contribution is -2.20. The van der Waals surface area contributed by atoms with Gasteiger partial charge in [0.15, 0.2) is 0 Å². The first-order chi connectivity index (χ1) is 7.82. The molecule has 17 heavy (non-hydrogen) atoms. The van der Waals surface area contributed by atoms with Crippen LogP contribution in [0.2, 0.25) is 0 Å². The maximum Gasteiger partial charge on any atom is 0.144 e. The summed E-state index contributed by atoms with van der Waals surface area (Å²) in [5.74, 6) is 0. The Morgan fingerprint density at radius 3 is 2.59 bits per heavy atom. The Morgan fingerprint density at radius 2 is 2.06 bits per heavy atom. The van der Waals surface area contributed by atoms with Gasteiger partial charge in [-0.25, -0.2) is 4.21 Å². The fraction of sp³-hybridized carbons (Fsp3) is 0.500. The lowest BCUT2D eigenvalue weighted by molar-refractivity contribution is 0.651. The minimum atomic E-state index is -1.24. The van der Waals surface area contributed by atoms with Crippen LogP contribution in [0.1, 0.15) is 26.3 Å². The van der Waals surface area contributed by atoms with E-state index in [2.05, 4.69) is 9.38 Å². The van der Waals surface area contributed by atoms with Crippen molar-refractivity contribution in [1.29, 1.82) is 0 Å². The van der Waals surface area contributed by atoms with Crippen molar-refractivity contribution in [2.24, 2.45) is 4.40 Å². The molecule has 0 spiro atoms. The number of anilines is 1. The van der Waals surface area contributed by atoms with Crippen LogP contribution in [0.15, 0.2) is 22.9 Å². The monoisotopic (exact) mass is 253 g/mol. The van der Waals surface area contributed by atoms with Gasteiger partial charge >= 0.3 is 0 Å². The van der Waals surface area contributed by atoms with Gasteiger partial charge in [-0.1, -0.05) is 0 Å². The Hall–Kier alpha value is -1.23. The fourth-order valence-corrected chi connectivity index (χ4v) is 1.69. The Balaban J connectivity index is 2.96. The summed E-state index contributed by atoms with van der Waals surface area (Å²) in [6, 6.07) is 1.90. The summed E-state index contributed by atoms with van der Waals surface area (Å²) in [4.78, 5) is 6.03. The summed E-state index contributed by atoms with van der Waals surface area (Å²) < 4.78 is 15.6. The fourth-order valence-electron chi connectivity index (χ4n) is 1.17. The molecular weight excluding hydrogens is 234 g/mol. The molecule has 0 aliphatic heterocycles. The van der Waals surface area contributed by atoms with Crippen molar-refractivity contribution in [1.82, 2.24) is 4.98 Å². The van der Waals surface area contributed by atoms with E-state index >= 15 is 0 Å². The average Bonchev–Trinajstić information content (AvgIpc) is 2.24. The lowest BCUT2D eigenvalue weighted by Gasteiger charge is -2.15. The third-order valence-corrected chi connectivity index (χ3v) is 3.47. The Labute approximate surface area is 105 Å². The molecule has 0 aliphatic carbocycles. The maximum absolute atomic E-state index is 11.8. The van der Waals surface area contributed by atoms with Crippen LogP contribution in [0.25, 0.3) is 0 Å². The van der Waals surface area contributed by atoms with Crippen molar-refractivity contribution in [3.05, 3.63) is 24.0 Å². The van der Waals surface area contributed by atoms with Gasteiger partial charge < -0.3 is 4.90 Å². The van der Waals surface area contributed by atoms with Crippen LogP contribution in [-0.4, -0.2) is 34.2 Å². The number of aromatic nitrogens is 1. The summed E-state index contributed by atoms with van der Waals surface area (Å²) in [5.41, 5.74) is 1.88. The van der Waals surface area contributed by atoms with E-state index in [0.717, 1.165) is 11.3 Å². The summed E-state index contributed by atoms with van der Waals surface area (Å²) in [6.07, 6.45) is 5.08. The molecule has 4 nitrogen and oxygen atoms in total. The predicted octanol–water partition coefficient (Wildman–Crippen LogP) is 2.03. The number of hydrogen-bond donors (Lipinski definition) is 0. The van der Waals surface area contributed by atoms with E-state index in [4.69, 9.17) is 0 Å². The highest BCUT2D eigenvalue weighted by Crippen LogP contribution is 2.16. The second kappa shape index (κ2) is 5.40. The van der Waals surface area contributed by atoms with E-state index in [-0.39, 0.29) is 4.75 Å². The minimum Gasteiger partial charge on any atom is -0.377 e. The molecule has 94 valence electrons. The summed E-state index contributed by atoms with van der Waals surface area (Å²) >= 11 is 0. The molecule has 0 N–H and O–H groups in total. The average molecular weight is 253 g/mol. The molecule has 0 bridgehead atoms. The van der Waals surface area contributed by atoms with Crippen molar-refractivity contribution in [3.8, 4) is 0 Å². The van der Waals surface area contributed by atoms with Crippen LogP contribution in [0.3, 0.4) is 0 Å². The molecule has 1 aromatic rings. The van der Waals surface area contributed by atoms with Crippen molar-refractivity contribution in [2.75, 3.05) is 19.0 Å². The Morgan fingerprint density at radius 1 is 1.41 bits per heavy atom. The SMILES string of the molecule is CN(C)c1ccncc1/C=N/S(=O)C(C)(C)C. The Bertz CT molecular complexity index is 436. The van der Waals surface area contributed by atoms with Gasteiger partial charge in [-0.15, -0.1) is 0 Å². The topological polar surface area (TPSA) is 45.6 Å². The zero-order valence-electron chi connectivity index (χ0n) is 11.0. The highest BCUT2D eigenvalue weighted by Gasteiger charge is 2.18. The molecule has 0 aliphatic rings. The predicted molar refractivity (Wildman–Crippen MR) is 74.1 cm³/mol. The largest absolute Gasteiger partial charge is 0.377 e. The van der Waals surface area contributed by atoms with Crippen LogP contribution < -0.4 is 4.90 Å². The van der Waals surface area contributed by atoms with Crippen LogP contribution in [-0.2, 0) is 11.0 Å². The molecular formula is C12H19N3OS. The standard InChI is InChI=1S/C12H19N3OS/c1-12(2,3)17(16)14-9-10-8-13-7-6-11(10)15(4)5/h6-9H,1-5H3/b14-9+. The van der Waals surface area contributed by atoms with Gasteiger partial charge in [0.25, 0.3) is 0 Å². The van der Waals surface area contributed by atoms with Crippen molar-refractivity contribution < 1.29 is 4.21 Å². The van der Waals surface area contributed by atoms with Crippen LogP contribution in [0.5, 0.6) is 0 Å².